The molecule has 3 heteroatoms. The fourth-order valence-corrected chi connectivity index (χ4v) is 0. The molecule has 0 spiro atoms. The van der Waals surface area contributed by atoms with Crippen molar-refractivity contribution < 1.29 is 42.9 Å². The molecule has 0 aromatic heterocycles. The molecule has 2 N–H and O–H groups in total. The number of hydrogen-bond acceptors (Lipinski definition) is 2. The van der Waals surface area contributed by atoms with Gasteiger partial charge in [0.2, 0.25) is 0 Å². The molecule has 0 atom stereocenters. The van der Waals surface area contributed by atoms with Crippen LogP contribution < -0.4 is 0 Å². The Balaban J connectivity index is -0.0000000133. The van der Waals surface area contributed by atoms with Crippen LogP contribution in [0.25, 0.3) is 0 Å². The molecule has 0 fully saturated rings. The van der Waals surface area contributed by atoms with Crippen LogP contribution in [0.2, 0.25) is 0 Å². The normalized spacial score (nSPS) is 2.40. The average molecular weight is 151 g/mol. The minimum atomic E-state index is 0. The first kappa shape index (κ1) is 16.6. The van der Waals surface area contributed by atoms with Crippen LogP contribution >= 0.6 is 0 Å². The molecule has 5 heavy (non-hydrogen) atoms. The number of aliphatic hydroxyl groups is 2. The predicted molar refractivity (Wildman–Crippen MR) is 14.6 cm³/mol. The third-order valence-corrected chi connectivity index (χ3v) is 0. The third-order valence-electron chi connectivity index (χ3n) is 0. The Morgan fingerprint density at radius 3 is 0.800 bits per heavy atom. The summed E-state index contributed by atoms with van der Waals surface area (Å²) in [6.45, 7) is 0. The molecule has 0 aliphatic carbocycles. The molecule has 0 saturated carbocycles. The molecule has 0 aliphatic heterocycles. The van der Waals surface area contributed by atoms with Gasteiger partial charge in [-0.2, -0.15) is 0 Å². The van der Waals surface area contributed by atoms with Crippen LogP contribution in [0.15, 0.2) is 0 Å². The molecular weight excluding hydrogens is 145 g/mol. The van der Waals surface area contributed by atoms with Gasteiger partial charge >= 0.3 is 0 Å². The zero-order chi connectivity index (χ0) is 4.00. The van der Waals surface area contributed by atoms with Gasteiger partial charge in [-0.25, -0.2) is 14.2 Å². The molecule has 0 amide bonds. The van der Waals surface area contributed by atoms with Crippen LogP contribution in [0.3, 0.4) is 0 Å². The zero-order valence-electron chi connectivity index (χ0n) is 2.89. The van der Waals surface area contributed by atoms with E-state index in [0.29, 0.717) is 0 Å². The summed E-state index contributed by atoms with van der Waals surface area (Å²) >= 11 is 0. The molecule has 0 saturated heterocycles. The second kappa shape index (κ2) is 77.6. The zero-order valence-corrected chi connectivity index (χ0v) is 5.72. The Morgan fingerprint density at radius 1 is 0.800 bits per heavy atom. The van der Waals surface area contributed by atoms with E-state index in [9.17, 15) is 0 Å². The van der Waals surface area contributed by atoms with E-state index in [0.717, 1.165) is 0 Å². The van der Waals surface area contributed by atoms with Crippen molar-refractivity contribution in [2.45, 2.75) is 0 Å². The summed E-state index contributed by atoms with van der Waals surface area (Å²) in [5.74, 6) is 0. The van der Waals surface area contributed by atoms with Crippen molar-refractivity contribution >= 4 is 0 Å². The Hall–Kier alpha value is 1.02. The quantitative estimate of drug-likeness (QED) is 0.488. The van der Waals surface area contributed by atoms with Gasteiger partial charge in [0.1, 0.15) is 0 Å². The van der Waals surface area contributed by atoms with E-state index in [1.165, 1.54) is 0 Å². The van der Waals surface area contributed by atoms with Gasteiger partial charge in [0.15, 0.2) is 0 Å². The average Bonchev–Trinajstić information content (AvgIpc) is 1.50. The minimum absolute atomic E-state index is 0. The summed E-state index contributed by atoms with van der Waals surface area (Å²) in [6, 6.07) is 0. The molecule has 0 aromatic rings. The fourth-order valence-electron chi connectivity index (χ4n) is 0. The van der Waals surface area contributed by atoms with Crippen LogP contribution in [0.5, 0.6) is 0 Å². The molecule has 0 unspecified atom stereocenters. The van der Waals surface area contributed by atoms with Crippen molar-refractivity contribution in [2.24, 2.45) is 0 Å². The maximum atomic E-state index is 6.75. The van der Waals surface area contributed by atoms with Crippen molar-refractivity contribution in [3.8, 4) is 0 Å². The molecule has 31 valence electrons. The van der Waals surface area contributed by atoms with Gasteiger partial charge in [-0.1, -0.05) is 0 Å². The maximum Gasteiger partial charge on any atom is 0 e. The first-order chi connectivity index (χ1) is 2.00. The summed E-state index contributed by atoms with van der Waals surface area (Å²) in [5.41, 5.74) is 0. The van der Waals surface area contributed by atoms with Gasteiger partial charge < -0.3 is 10.2 Å². The van der Waals surface area contributed by atoms with Gasteiger partial charge in [0.25, 0.3) is 0 Å². The van der Waals surface area contributed by atoms with Gasteiger partial charge in [-0.05, 0) is 0 Å². The van der Waals surface area contributed by atoms with Crippen molar-refractivity contribution in [3.63, 3.8) is 0 Å². The molecule has 2 nitrogen and oxygen atoms in total. The number of hydrogen-bond donors (Lipinski definition) is 2. The van der Waals surface area contributed by atoms with Crippen molar-refractivity contribution in [1.82, 2.24) is 0 Å². The topological polar surface area (TPSA) is 40.5 Å². The molecule has 0 heterocycles. The minimum Gasteiger partial charge on any atom is -0.569 e. The first-order valence-electron chi connectivity index (χ1n) is 0.632. The molecule has 0 rings (SSSR count). The van der Waals surface area contributed by atoms with E-state index in [4.69, 9.17) is 10.2 Å². The molecular formula is C2H6O2Y-2. The summed E-state index contributed by atoms with van der Waals surface area (Å²) in [5, 5.41) is 13.5. The first-order valence-corrected chi connectivity index (χ1v) is 0.632. The van der Waals surface area contributed by atoms with E-state index < -0.39 is 0 Å². The van der Waals surface area contributed by atoms with Crippen molar-refractivity contribution in [2.75, 3.05) is 0 Å². The van der Waals surface area contributed by atoms with Gasteiger partial charge in [0, 0.05) is 32.7 Å². The van der Waals surface area contributed by atoms with Crippen molar-refractivity contribution in [1.29, 1.82) is 0 Å². The van der Waals surface area contributed by atoms with E-state index in [1.54, 1.807) is 0 Å². The van der Waals surface area contributed by atoms with E-state index >= 15 is 0 Å². The number of aliphatic hydroxyl groups excluding tert-OH is 2. The van der Waals surface area contributed by atoms with Crippen LogP contribution in [0.4, 0.5) is 0 Å². The van der Waals surface area contributed by atoms with E-state index in [-0.39, 0.29) is 32.7 Å². The second-order valence-electron chi connectivity index (χ2n) is 0. The Kier molecular flexibility index (Phi) is 258. The molecule has 0 aromatic carbocycles. The summed E-state index contributed by atoms with van der Waals surface area (Å²) in [7, 11) is 4.50. The summed E-state index contributed by atoms with van der Waals surface area (Å²) in [4.78, 5) is 0. The molecule has 1 radical (unpaired) electrons. The van der Waals surface area contributed by atoms with Gasteiger partial charge in [-0.3, -0.25) is 0 Å². The summed E-state index contributed by atoms with van der Waals surface area (Å²) in [6.07, 6.45) is 0. The molecule has 0 bridgehead atoms. The van der Waals surface area contributed by atoms with Crippen molar-refractivity contribution in [3.05, 3.63) is 14.2 Å². The number of rotatable bonds is 0. The standard InChI is InChI=1S/2CH3O.Y/c2*1-2;/h2*2H,1H2;/q2*-1;. The maximum absolute atomic E-state index is 6.75. The SMILES string of the molecule is [CH2-]O.[CH2-]O.[Y]. The van der Waals surface area contributed by atoms with E-state index in [2.05, 4.69) is 14.2 Å². The third kappa shape index (κ3) is 43.8. The predicted octanol–water partition coefficient (Wildman–Crippen LogP) is 0.298. The molecule has 0 aliphatic rings. The smallest absolute Gasteiger partial charge is 0 e. The summed E-state index contributed by atoms with van der Waals surface area (Å²) < 4.78 is 0. The van der Waals surface area contributed by atoms with Crippen LogP contribution in [-0.4, -0.2) is 10.2 Å². The monoisotopic (exact) mass is 151 g/mol. The van der Waals surface area contributed by atoms with E-state index in [1.807, 2.05) is 0 Å². The largest absolute Gasteiger partial charge is 0.569 e. The van der Waals surface area contributed by atoms with Gasteiger partial charge in [0.05, 0.1) is 0 Å². The Morgan fingerprint density at radius 2 is 0.800 bits per heavy atom. The van der Waals surface area contributed by atoms with Crippen LogP contribution in [0, 0.1) is 14.2 Å². The fraction of sp³-hybridized carbons (Fsp3) is 0. The van der Waals surface area contributed by atoms with Crippen LogP contribution in [-0.2, 0) is 32.7 Å². The Bertz CT molecular complexity index is 7.61. The van der Waals surface area contributed by atoms with Crippen LogP contribution in [0.1, 0.15) is 0 Å². The van der Waals surface area contributed by atoms with Gasteiger partial charge in [-0.15, -0.1) is 0 Å². The Labute approximate surface area is 57.1 Å². The second-order valence-corrected chi connectivity index (χ2v) is 0.